The minimum atomic E-state index is 0.257. The van der Waals surface area contributed by atoms with Crippen molar-refractivity contribution in [2.75, 3.05) is 13.2 Å². The molecule has 0 heterocycles. The third-order valence-corrected chi connectivity index (χ3v) is 10.7. The van der Waals surface area contributed by atoms with E-state index in [1.165, 1.54) is 116 Å². The molecule has 1 unspecified atom stereocenters. The highest BCUT2D eigenvalue weighted by Crippen LogP contribution is 2.41. The van der Waals surface area contributed by atoms with Gasteiger partial charge in [-0.2, -0.15) is 0 Å². The lowest BCUT2D eigenvalue weighted by Gasteiger charge is -2.38. The summed E-state index contributed by atoms with van der Waals surface area (Å²) < 4.78 is 12.7. The van der Waals surface area contributed by atoms with Crippen molar-refractivity contribution < 1.29 is 14.3 Å². The van der Waals surface area contributed by atoms with Crippen molar-refractivity contribution in [3.63, 3.8) is 0 Å². The second kappa shape index (κ2) is 19.7. The number of Topliss-reactive ketones (excluding diaryl/α,β-unsaturated/α-hetero) is 1. The average Bonchev–Trinajstić information content (AvgIpc) is 2.98. The molecule has 0 aliphatic heterocycles. The fourth-order valence-electron chi connectivity index (χ4n) is 7.89. The Hall–Kier alpha value is -0.410. The summed E-state index contributed by atoms with van der Waals surface area (Å²) in [6, 6.07) is 0. The molecular formula is C36H66O3. The largest absolute Gasteiger partial charge is 0.378 e. The van der Waals surface area contributed by atoms with Crippen LogP contribution in [0.4, 0.5) is 0 Å². The number of rotatable bonds is 19. The number of carbonyl (C=O) groups excluding carboxylic acids is 1. The highest BCUT2D eigenvalue weighted by Gasteiger charge is 2.33. The highest BCUT2D eigenvalue weighted by molar-refractivity contribution is 5.83. The van der Waals surface area contributed by atoms with Gasteiger partial charge in [0.05, 0.1) is 12.2 Å². The molecule has 0 radical (unpaired) electrons. The van der Waals surface area contributed by atoms with Crippen molar-refractivity contribution in [1.29, 1.82) is 0 Å². The van der Waals surface area contributed by atoms with Gasteiger partial charge < -0.3 is 9.47 Å². The van der Waals surface area contributed by atoms with Crippen molar-refractivity contribution in [3.05, 3.63) is 0 Å². The summed E-state index contributed by atoms with van der Waals surface area (Å²) in [7, 11) is 0. The lowest BCUT2D eigenvalue weighted by Crippen LogP contribution is -2.32. The first-order valence-electron chi connectivity index (χ1n) is 17.9. The van der Waals surface area contributed by atoms with Crippen LogP contribution in [0.1, 0.15) is 168 Å². The molecule has 39 heavy (non-hydrogen) atoms. The van der Waals surface area contributed by atoms with Gasteiger partial charge in [0.2, 0.25) is 0 Å². The second-order valence-electron chi connectivity index (χ2n) is 13.9. The van der Waals surface area contributed by atoms with Crippen LogP contribution >= 0.6 is 0 Å². The zero-order valence-electron chi connectivity index (χ0n) is 26.4. The van der Waals surface area contributed by atoms with Crippen LogP contribution in [0.5, 0.6) is 0 Å². The van der Waals surface area contributed by atoms with E-state index < -0.39 is 0 Å². The Morgan fingerprint density at radius 2 is 1.13 bits per heavy atom. The van der Waals surface area contributed by atoms with Crippen LogP contribution in [-0.2, 0) is 14.3 Å². The molecule has 3 nitrogen and oxygen atoms in total. The Balaban J connectivity index is 1.20. The predicted octanol–water partition coefficient (Wildman–Crippen LogP) is 10.5. The fraction of sp³-hybridized carbons (Fsp3) is 0.972. The molecule has 1 atom stereocenters. The number of ether oxygens (including phenoxy) is 2. The van der Waals surface area contributed by atoms with Crippen molar-refractivity contribution in [2.45, 2.75) is 181 Å². The number of hydrogen-bond donors (Lipinski definition) is 0. The lowest BCUT2D eigenvalue weighted by atomic mass is 9.70. The molecule has 0 amide bonds. The number of carbonyl (C=O) groups is 1. The van der Waals surface area contributed by atoms with Crippen LogP contribution in [0.3, 0.4) is 0 Å². The van der Waals surface area contributed by atoms with Gasteiger partial charge in [-0.15, -0.1) is 0 Å². The summed E-state index contributed by atoms with van der Waals surface area (Å²) in [5, 5.41) is 0. The van der Waals surface area contributed by atoms with E-state index in [1.807, 2.05) is 0 Å². The van der Waals surface area contributed by atoms with Crippen LogP contribution in [0.25, 0.3) is 0 Å². The minimum absolute atomic E-state index is 0.257. The molecule has 0 aromatic heterocycles. The van der Waals surface area contributed by atoms with E-state index in [-0.39, 0.29) is 5.92 Å². The van der Waals surface area contributed by atoms with E-state index in [1.54, 1.807) is 0 Å². The predicted molar refractivity (Wildman–Crippen MR) is 165 cm³/mol. The Labute approximate surface area is 243 Å². The second-order valence-corrected chi connectivity index (χ2v) is 13.9. The summed E-state index contributed by atoms with van der Waals surface area (Å²) in [5.41, 5.74) is 0. The third kappa shape index (κ3) is 12.6. The smallest absolute Gasteiger partial charge is 0.138 e. The number of unbranched alkanes of at least 4 members (excludes halogenated alkanes) is 8. The van der Waals surface area contributed by atoms with Crippen LogP contribution in [0.2, 0.25) is 0 Å². The molecule has 228 valence electrons. The van der Waals surface area contributed by atoms with E-state index in [4.69, 9.17) is 9.47 Å². The first kappa shape index (κ1) is 33.1. The molecule has 0 spiro atoms. The lowest BCUT2D eigenvalue weighted by molar-refractivity contribution is -0.128. The van der Waals surface area contributed by atoms with Crippen molar-refractivity contribution in [3.8, 4) is 0 Å². The minimum Gasteiger partial charge on any atom is -0.378 e. The van der Waals surface area contributed by atoms with E-state index in [9.17, 15) is 4.79 Å². The van der Waals surface area contributed by atoms with Gasteiger partial charge in [-0.3, -0.25) is 4.79 Å². The standard InChI is InChI=1S/C36H66O3/c1-4-6-8-10-11-13-27-38-34-23-19-32(20-24-34)31-17-15-30(16-18-31)28-39-35-25-21-33(22-26-35)36(37)29(3)14-12-9-7-5-2/h29-35H,4-28H2,1-3H3. The first-order valence-corrected chi connectivity index (χ1v) is 17.9. The zero-order chi connectivity index (χ0) is 27.7. The van der Waals surface area contributed by atoms with Gasteiger partial charge in [0.15, 0.2) is 0 Å². The van der Waals surface area contributed by atoms with Crippen molar-refractivity contribution >= 4 is 5.78 Å². The maximum atomic E-state index is 12.9. The van der Waals surface area contributed by atoms with Gasteiger partial charge in [-0.05, 0) is 108 Å². The Morgan fingerprint density at radius 1 is 0.615 bits per heavy atom. The number of ketones is 1. The molecule has 3 rings (SSSR count). The summed E-state index contributed by atoms with van der Waals surface area (Å²) in [5.74, 6) is 3.76. The molecule has 3 fully saturated rings. The quantitative estimate of drug-likeness (QED) is 0.151. The maximum Gasteiger partial charge on any atom is 0.138 e. The molecule has 3 aliphatic rings. The summed E-state index contributed by atoms with van der Waals surface area (Å²) in [6.45, 7) is 8.66. The van der Waals surface area contributed by atoms with Crippen molar-refractivity contribution in [1.82, 2.24) is 0 Å². The first-order chi connectivity index (χ1) is 19.1. The van der Waals surface area contributed by atoms with Crippen LogP contribution in [-0.4, -0.2) is 31.2 Å². The molecule has 0 aromatic rings. The van der Waals surface area contributed by atoms with Crippen LogP contribution in [0, 0.1) is 29.6 Å². The van der Waals surface area contributed by atoms with Gasteiger partial charge in [0.1, 0.15) is 5.78 Å². The van der Waals surface area contributed by atoms with Crippen LogP contribution < -0.4 is 0 Å². The third-order valence-electron chi connectivity index (χ3n) is 10.7. The van der Waals surface area contributed by atoms with E-state index in [2.05, 4.69) is 20.8 Å². The Morgan fingerprint density at radius 3 is 1.77 bits per heavy atom. The van der Waals surface area contributed by atoms with Gasteiger partial charge >= 0.3 is 0 Å². The molecule has 0 aromatic carbocycles. The molecule has 0 bridgehead atoms. The van der Waals surface area contributed by atoms with E-state index >= 15 is 0 Å². The molecular weight excluding hydrogens is 480 g/mol. The molecule has 3 saturated carbocycles. The molecule has 3 aliphatic carbocycles. The highest BCUT2D eigenvalue weighted by atomic mass is 16.5. The zero-order valence-corrected chi connectivity index (χ0v) is 26.4. The van der Waals surface area contributed by atoms with Gasteiger partial charge in [0.25, 0.3) is 0 Å². The molecule has 0 N–H and O–H groups in total. The van der Waals surface area contributed by atoms with Gasteiger partial charge in [0, 0.05) is 25.0 Å². The Bertz CT molecular complexity index is 609. The summed E-state index contributed by atoms with van der Waals surface area (Å²) in [6.07, 6.45) is 30.5. The molecule has 0 saturated heterocycles. The molecule has 3 heteroatoms. The van der Waals surface area contributed by atoms with Gasteiger partial charge in [-0.25, -0.2) is 0 Å². The summed E-state index contributed by atoms with van der Waals surface area (Å²) >= 11 is 0. The SMILES string of the molecule is CCCCCCCCOC1CCC(C2CCC(COC3CCC(C(=O)C(C)CCCCCC)CC3)CC2)CC1. The summed E-state index contributed by atoms with van der Waals surface area (Å²) in [4.78, 5) is 12.9. The Kier molecular flexibility index (Phi) is 16.7. The van der Waals surface area contributed by atoms with Crippen LogP contribution in [0.15, 0.2) is 0 Å². The van der Waals surface area contributed by atoms with Gasteiger partial charge in [-0.1, -0.05) is 78.6 Å². The van der Waals surface area contributed by atoms with E-state index in [0.717, 1.165) is 63.1 Å². The normalized spacial score (nSPS) is 30.7. The average molecular weight is 547 g/mol. The monoisotopic (exact) mass is 547 g/mol. The maximum absolute atomic E-state index is 12.9. The number of hydrogen-bond acceptors (Lipinski definition) is 3. The van der Waals surface area contributed by atoms with E-state index in [0.29, 0.717) is 23.9 Å². The topological polar surface area (TPSA) is 35.5 Å². The van der Waals surface area contributed by atoms with Crippen molar-refractivity contribution in [2.24, 2.45) is 29.6 Å². The fourth-order valence-corrected chi connectivity index (χ4v) is 7.89.